The Balaban J connectivity index is 1.55. The van der Waals surface area contributed by atoms with Gasteiger partial charge >= 0.3 is 5.63 Å². The summed E-state index contributed by atoms with van der Waals surface area (Å²) in [4.78, 5) is 12.0. The molecule has 0 spiro atoms. The van der Waals surface area contributed by atoms with Crippen molar-refractivity contribution >= 4 is 22.7 Å². The van der Waals surface area contributed by atoms with Crippen LogP contribution in [0.1, 0.15) is 5.56 Å². The molecule has 5 rings (SSSR count). The van der Waals surface area contributed by atoms with Crippen LogP contribution in [0.15, 0.2) is 91.8 Å². The van der Waals surface area contributed by atoms with E-state index in [1.807, 2.05) is 41.0 Å². The zero-order valence-corrected chi connectivity index (χ0v) is 16.4. The minimum atomic E-state index is -0.468. The maximum Gasteiger partial charge on any atom is 0.336 e. The minimum Gasteiger partial charge on any atom is -0.508 e. The molecule has 148 valence electrons. The van der Waals surface area contributed by atoms with E-state index in [-0.39, 0.29) is 5.75 Å². The summed E-state index contributed by atoms with van der Waals surface area (Å²) < 4.78 is 12.7. The summed E-state index contributed by atoms with van der Waals surface area (Å²) in [6.07, 6.45) is 1.59. The lowest BCUT2D eigenvalue weighted by Gasteiger charge is -2.10. The number of hydrogen-bond donors (Lipinski definition) is 1. The van der Waals surface area contributed by atoms with Crippen LogP contribution in [0, 0.1) is 0 Å². The summed E-state index contributed by atoms with van der Waals surface area (Å²) in [7, 11) is 0. The summed E-state index contributed by atoms with van der Waals surface area (Å²) in [5, 5.41) is 19.8. The monoisotopic (exact) mass is 417 g/mol. The van der Waals surface area contributed by atoms with E-state index in [0.29, 0.717) is 28.1 Å². The molecule has 0 amide bonds. The number of phenols is 1. The van der Waals surface area contributed by atoms with Crippen molar-refractivity contribution in [3.63, 3.8) is 0 Å². The topological polar surface area (TPSA) is 94.3 Å². The highest BCUT2D eigenvalue weighted by Gasteiger charge is 2.18. The van der Waals surface area contributed by atoms with Crippen molar-refractivity contribution in [2.75, 3.05) is 0 Å². The lowest BCUT2D eigenvalue weighted by Crippen LogP contribution is -2.01. The SMILES string of the molecule is O=c1cc(CSc2nnc(-c3ccco3)n2-c2ccccc2)c2ccc(O)cc2o1. The lowest BCUT2D eigenvalue weighted by atomic mass is 10.1. The molecule has 1 N–H and O–H groups in total. The number of benzene rings is 2. The summed E-state index contributed by atoms with van der Waals surface area (Å²) in [6.45, 7) is 0. The summed E-state index contributed by atoms with van der Waals surface area (Å²) in [5.74, 6) is 1.72. The van der Waals surface area contributed by atoms with Gasteiger partial charge in [-0.1, -0.05) is 30.0 Å². The molecule has 7 nitrogen and oxygen atoms in total. The van der Waals surface area contributed by atoms with Gasteiger partial charge in [0, 0.05) is 29.0 Å². The Hall–Kier alpha value is -3.78. The van der Waals surface area contributed by atoms with Gasteiger partial charge in [0.25, 0.3) is 0 Å². The minimum absolute atomic E-state index is 0.0439. The van der Waals surface area contributed by atoms with Crippen molar-refractivity contribution in [2.24, 2.45) is 0 Å². The number of aromatic hydroxyl groups is 1. The molecule has 0 saturated carbocycles. The van der Waals surface area contributed by atoms with Crippen molar-refractivity contribution in [3.8, 4) is 23.0 Å². The molecule has 3 aromatic heterocycles. The molecule has 0 fully saturated rings. The largest absolute Gasteiger partial charge is 0.508 e. The summed E-state index contributed by atoms with van der Waals surface area (Å²) in [6, 6.07) is 19.6. The lowest BCUT2D eigenvalue weighted by molar-refractivity contribution is 0.473. The number of hydrogen-bond acceptors (Lipinski definition) is 7. The van der Waals surface area contributed by atoms with Gasteiger partial charge in [0.2, 0.25) is 5.82 Å². The van der Waals surface area contributed by atoms with Crippen molar-refractivity contribution in [3.05, 3.63) is 89.0 Å². The molecule has 0 unspecified atom stereocenters. The second-order valence-electron chi connectivity index (χ2n) is 6.51. The number of fused-ring (bicyclic) bond motifs is 1. The Labute approximate surface area is 174 Å². The molecule has 0 atom stereocenters. The average Bonchev–Trinajstić information content (AvgIpc) is 3.42. The Morgan fingerprint density at radius 1 is 1.00 bits per heavy atom. The smallest absolute Gasteiger partial charge is 0.336 e. The molecule has 0 aliphatic rings. The van der Waals surface area contributed by atoms with Crippen LogP contribution in [0.5, 0.6) is 5.75 Å². The highest BCUT2D eigenvalue weighted by Crippen LogP contribution is 2.31. The molecule has 5 aromatic rings. The van der Waals surface area contributed by atoms with Gasteiger partial charge in [-0.05, 0) is 42.0 Å². The van der Waals surface area contributed by atoms with Crippen LogP contribution in [0.2, 0.25) is 0 Å². The van der Waals surface area contributed by atoms with E-state index < -0.39 is 5.63 Å². The van der Waals surface area contributed by atoms with Crippen LogP contribution in [0.25, 0.3) is 28.2 Å². The molecule has 0 bridgehead atoms. The zero-order chi connectivity index (χ0) is 20.5. The number of para-hydroxylation sites is 1. The van der Waals surface area contributed by atoms with E-state index >= 15 is 0 Å². The Morgan fingerprint density at radius 2 is 1.87 bits per heavy atom. The average molecular weight is 417 g/mol. The maximum absolute atomic E-state index is 12.0. The molecular formula is C22H15N3O4S. The van der Waals surface area contributed by atoms with Crippen molar-refractivity contribution < 1.29 is 13.9 Å². The highest BCUT2D eigenvalue weighted by molar-refractivity contribution is 7.98. The molecule has 30 heavy (non-hydrogen) atoms. The van der Waals surface area contributed by atoms with Crippen molar-refractivity contribution in [1.82, 2.24) is 14.8 Å². The van der Waals surface area contributed by atoms with E-state index in [2.05, 4.69) is 10.2 Å². The van der Waals surface area contributed by atoms with Crippen LogP contribution in [-0.4, -0.2) is 19.9 Å². The normalized spacial score (nSPS) is 11.2. The van der Waals surface area contributed by atoms with Gasteiger partial charge in [-0.2, -0.15) is 0 Å². The van der Waals surface area contributed by atoms with E-state index in [4.69, 9.17) is 8.83 Å². The van der Waals surface area contributed by atoms with E-state index in [1.54, 1.807) is 24.5 Å². The first-order chi connectivity index (χ1) is 14.7. The maximum atomic E-state index is 12.0. The Morgan fingerprint density at radius 3 is 2.67 bits per heavy atom. The van der Waals surface area contributed by atoms with Gasteiger partial charge in [0.15, 0.2) is 10.9 Å². The predicted octanol–water partition coefficient (Wildman–Crippen LogP) is 4.63. The quantitative estimate of drug-likeness (QED) is 0.329. The molecule has 2 aromatic carbocycles. The van der Waals surface area contributed by atoms with Crippen LogP contribution in [0.3, 0.4) is 0 Å². The highest BCUT2D eigenvalue weighted by atomic mass is 32.2. The number of thioether (sulfide) groups is 1. The molecule has 0 aliphatic carbocycles. The van der Waals surface area contributed by atoms with E-state index in [9.17, 15) is 9.90 Å². The fourth-order valence-corrected chi connectivity index (χ4v) is 4.16. The second kappa shape index (κ2) is 7.57. The first-order valence-electron chi connectivity index (χ1n) is 9.12. The number of furan rings is 1. The molecule has 8 heteroatoms. The summed E-state index contributed by atoms with van der Waals surface area (Å²) in [5.41, 5.74) is 1.57. The predicted molar refractivity (Wildman–Crippen MR) is 113 cm³/mol. The summed E-state index contributed by atoms with van der Waals surface area (Å²) >= 11 is 1.45. The van der Waals surface area contributed by atoms with Gasteiger partial charge in [0.05, 0.1) is 6.26 Å². The van der Waals surface area contributed by atoms with Crippen LogP contribution >= 0.6 is 11.8 Å². The van der Waals surface area contributed by atoms with E-state index in [1.165, 1.54) is 23.9 Å². The third-order valence-corrected chi connectivity index (χ3v) is 5.54. The fourth-order valence-electron chi connectivity index (χ4n) is 3.22. The fraction of sp³-hybridized carbons (Fsp3) is 0.0455. The first kappa shape index (κ1) is 18.3. The third kappa shape index (κ3) is 3.37. The van der Waals surface area contributed by atoms with Gasteiger partial charge in [0.1, 0.15) is 11.3 Å². The standard InChI is InChI=1S/C22H15N3O4S/c26-16-8-9-17-14(11-20(27)29-19(17)12-16)13-30-22-24-23-21(18-7-4-10-28-18)25(22)15-5-2-1-3-6-15/h1-12,26H,13H2. The first-order valence-corrected chi connectivity index (χ1v) is 10.1. The molecule has 0 saturated heterocycles. The molecule has 3 heterocycles. The zero-order valence-electron chi connectivity index (χ0n) is 15.6. The molecule has 0 radical (unpaired) electrons. The van der Waals surface area contributed by atoms with Gasteiger partial charge in [-0.3, -0.25) is 4.57 Å². The van der Waals surface area contributed by atoms with Gasteiger partial charge < -0.3 is 13.9 Å². The van der Waals surface area contributed by atoms with Crippen molar-refractivity contribution in [2.45, 2.75) is 10.9 Å². The molecular weight excluding hydrogens is 402 g/mol. The van der Waals surface area contributed by atoms with Crippen LogP contribution in [0.4, 0.5) is 0 Å². The van der Waals surface area contributed by atoms with Crippen LogP contribution < -0.4 is 5.63 Å². The van der Waals surface area contributed by atoms with Gasteiger partial charge in [-0.25, -0.2) is 4.79 Å². The third-order valence-electron chi connectivity index (χ3n) is 4.56. The van der Waals surface area contributed by atoms with Crippen molar-refractivity contribution in [1.29, 1.82) is 0 Å². The number of phenolic OH excluding ortho intramolecular Hbond substituents is 1. The molecule has 0 aliphatic heterocycles. The van der Waals surface area contributed by atoms with Gasteiger partial charge in [-0.15, -0.1) is 10.2 Å². The number of aromatic nitrogens is 3. The Bertz CT molecular complexity index is 1380. The van der Waals surface area contributed by atoms with E-state index in [0.717, 1.165) is 16.6 Å². The number of nitrogens with zero attached hydrogens (tertiary/aromatic N) is 3. The second-order valence-corrected chi connectivity index (χ2v) is 7.46. The number of rotatable bonds is 5. The Kier molecular flexibility index (Phi) is 4.61. The van der Waals surface area contributed by atoms with Crippen LogP contribution in [-0.2, 0) is 5.75 Å².